The van der Waals surface area contributed by atoms with Gasteiger partial charge in [-0.1, -0.05) is 23.2 Å². The van der Waals surface area contributed by atoms with Gasteiger partial charge in [-0.2, -0.15) is 13.2 Å². The fourth-order valence-electron chi connectivity index (χ4n) is 2.12. The summed E-state index contributed by atoms with van der Waals surface area (Å²) in [4.78, 5) is 21.8. The van der Waals surface area contributed by atoms with Crippen LogP contribution in [0.15, 0.2) is 36.4 Å². The summed E-state index contributed by atoms with van der Waals surface area (Å²) in [5, 5.41) is 23.6. The summed E-state index contributed by atoms with van der Waals surface area (Å²) in [7, 11) is 0. The van der Waals surface area contributed by atoms with Gasteiger partial charge in [0.15, 0.2) is 5.60 Å². The minimum atomic E-state index is -5.01. The summed E-state index contributed by atoms with van der Waals surface area (Å²) < 4.78 is 44.3. The topological polar surface area (TPSA) is 102 Å². The minimum Gasteiger partial charge on any atom is -0.490 e. The van der Waals surface area contributed by atoms with E-state index in [2.05, 4.69) is 5.32 Å². The Bertz CT molecular complexity index is 951. The molecule has 0 aliphatic heterocycles. The molecule has 0 aromatic heterocycles. The van der Waals surface area contributed by atoms with E-state index in [1.54, 1.807) is 0 Å². The molecule has 2 aromatic carbocycles. The Kier molecular flexibility index (Phi) is 6.61. The highest BCUT2D eigenvalue weighted by Gasteiger charge is 2.39. The highest BCUT2D eigenvalue weighted by Crippen LogP contribution is 2.37. The highest BCUT2D eigenvalue weighted by molar-refractivity contribution is 6.42. The van der Waals surface area contributed by atoms with Gasteiger partial charge in [0.25, 0.3) is 11.6 Å². The molecule has 156 valence electrons. The third kappa shape index (κ3) is 5.72. The number of hydrogen-bond donors (Lipinski definition) is 2. The maximum Gasteiger partial charge on any atom is 0.423 e. The number of amides is 1. The van der Waals surface area contributed by atoms with Crippen LogP contribution in [0, 0.1) is 10.1 Å². The van der Waals surface area contributed by atoms with Gasteiger partial charge < -0.3 is 15.2 Å². The van der Waals surface area contributed by atoms with Crippen LogP contribution < -0.4 is 10.1 Å². The van der Waals surface area contributed by atoms with Gasteiger partial charge >= 0.3 is 6.18 Å². The molecular formula is C17H13Cl2F3N2O5. The van der Waals surface area contributed by atoms with Crippen molar-refractivity contribution in [3.05, 3.63) is 62.1 Å². The molecular weight excluding hydrogens is 440 g/mol. The van der Waals surface area contributed by atoms with Gasteiger partial charge in [-0.3, -0.25) is 14.9 Å². The van der Waals surface area contributed by atoms with Crippen LogP contribution in [0.2, 0.25) is 10.0 Å². The highest BCUT2D eigenvalue weighted by atomic mass is 35.5. The van der Waals surface area contributed by atoms with Crippen LogP contribution in [-0.4, -0.2) is 28.1 Å². The normalized spacial score (nSPS) is 13.5. The van der Waals surface area contributed by atoms with E-state index in [0.29, 0.717) is 12.1 Å². The van der Waals surface area contributed by atoms with Crippen LogP contribution in [-0.2, 0) is 11.0 Å². The van der Waals surface area contributed by atoms with Crippen LogP contribution in [0.25, 0.3) is 0 Å². The molecule has 29 heavy (non-hydrogen) atoms. The number of nitrogens with zero attached hydrogens (tertiary/aromatic N) is 1. The second-order valence-electron chi connectivity index (χ2n) is 6.08. The fraction of sp³-hybridized carbons (Fsp3) is 0.235. The van der Waals surface area contributed by atoms with Gasteiger partial charge in [-0.15, -0.1) is 0 Å². The zero-order valence-corrected chi connectivity index (χ0v) is 16.1. The molecule has 2 N–H and O–H groups in total. The number of aliphatic hydroxyl groups is 1. The van der Waals surface area contributed by atoms with Crippen molar-refractivity contribution in [2.45, 2.75) is 18.7 Å². The first kappa shape index (κ1) is 22.7. The van der Waals surface area contributed by atoms with Crippen LogP contribution >= 0.6 is 23.2 Å². The zero-order chi connectivity index (χ0) is 22.0. The minimum absolute atomic E-state index is 0.179. The number of rotatable bonds is 6. The quantitative estimate of drug-likeness (QED) is 0.488. The largest absolute Gasteiger partial charge is 0.490 e. The Balaban J connectivity index is 2.15. The summed E-state index contributed by atoms with van der Waals surface area (Å²) in [5.74, 6) is -0.887. The Morgan fingerprint density at radius 3 is 2.41 bits per heavy atom. The Morgan fingerprint density at radius 1 is 1.21 bits per heavy atom. The lowest BCUT2D eigenvalue weighted by atomic mass is 10.1. The Hall–Kier alpha value is -2.56. The van der Waals surface area contributed by atoms with Gasteiger partial charge in [0.1, 0.15) is 17.9 Å². The first-order valence-electron chi connectivity index (χ1n) is 7.78. The monoisotopic (exact) mass is 452 g/mol. The van der Waals surface area contributed by atoms with Crippen molar-refractivity contribution in [3.63, 3.8) is 0 Å². The number of carbonyl (C=O) groups excluding carboxylic acids is 1. The molecule has 0 saturated carbocycles. The number of alkyl halides is 3. The van der Waals surface area contributed by atoms with Gasteiger partial charge in [0, 0.05) is 17.8 Å². The van der Waals surface area contributed by atoms with Gasteiger partial charge in [-0.25, -0.2) is 0 Å². The van der Waals surface area contributed by atoms with Crippen molar-refractivity contribution in [2.75, 3.05) is 11.9 Å². The number of benzene rings is 2. The van der Waals surface area contributed by atoms with Crippen LogP contribution in [0.3, 0.4) is 0 Å². The van der Waals surface area contributed by atoms with E-state index in [4.69, 9.17) is 27.9 Å². The van der Waals surface area contributed by atoms with Crippen LogP contribution in [0.4, 0.5) is 24.5 Å². The van der Waals surface area contributed by atoms with Gasteiger partial charge in [0.2, 0.25) is 0 Å². The number of nitro benzene ring substituents is 1. The number of nitrogens with one attached hydrogen (secondary N) is 1. The predicted octanol–water partition coefficient (Wildman–Crippen LogP) is 4.69. The molecule has 0 unspecified atom stereocenters. The summed E-state index contributed by atoms with van der Waals surface area (Å²) in [6.45, 7) is 0.520. The second kappa shape index (κ2) is 8.44. The number of nitro groups is 1. The van der Waals surface area contributed by atoms with Crippen molar-refractivity contribution in [1.82, 2.24) is 0 Å². The average Bonchev–Trinajstić information content (AvgIpc) is 2.61. The van der Waals surface area contributed by atoms with E-state index >= 15 is 0 Å². The lowest BCUT2D eigenvalue weighted by Crippen LogP contribution is -2.45. The smallest absolute Gasteiger partial charge is 0.423 e. The SMILES string of the molecule is C[C@@](O)(COc1ccc(Cl)c(Cl)c1)C(=O)Nc1ccc([N+](=O)[O-])c(C(F)(F)F)c1. The number of halogens is 5. The molecule has 2 aromatic rings. The first-order valence-corrected chi connectivity index (χ1v) is 8.54. The molecule has 0 spiro atoms. The lowest BCUT2D eigenvalue weighted by molar-refractivity contribution is -0.388. The molecule has 7 nitrogen and oxygen atoms in total. The third-order valence-corrected chi connectivity index (χ3v) is 4.40. The molecule has 0 radical (unpaired) electrons. The molecule has 1 atom stereocenters. The van der Waals surface area contributed by atoms with E-state index in [1.165, 1.54) is 18.2 Å². The number of hydrogen-bond acceptors (Lipinski definition) is 5. The fourth-order valence-corrected chi connectivity index (χ4v) is 2.41. The Labute approximate surface area is 172 Å². The van der Waals surface area contributed by atoms with Crippen LogP contribution in [0.5, 0.6) is 5.75 Å². The van der Waals surface area contributed by atoms with Crippen molar-refractivity contribution in [3.8, 4) is 5.75 Å². The van der Waals surface area contributed by atoms with Crippen LogP contribution in [0.1, 0.15) is 12.5 Å². The molecule has 0 saturated heterocycles. The molecule has 12 heteroatoms. The molecule has 0 aliphatic rings. The average molecular weight is 453 g/mol. The molecule has 0 bridgehead atoms. The number of anilines is 1. The van der Waals surface area contributed by atoms with Gasteiger partial charge in [-0.05, 0) is 31.2 Å². The van der Waals surface area contributed by atoms with E-state index in [9.17, 15) is 33.2 Å². The van der Waals surface area contributed by atoms with E-state index in [-0.39, 0.29) is 21.5 Å². The standard InChI is InChI=1S/C17H13Cl2F3N2O5/c1-16(26,8-29-10-3-4-12(18)13(19)7-10)15(25)23-9-2-5-14(24(27)28)11(6-9)17(20,21)22/h2-7,26H,8H2,1H3,(H,23,25)/t16-/m1/s1. The van der Waals surface area contributed by atoms with Crippen molar-refractivity contribution in [1.29, 1.82) is 0 Å². The van der Waals surface area contributed by atoms with Crippen molar-refractivity contribution in [2.24, 2.45) is 0 Å². The van der Waals surface area contributed by atoms with Crippen molar-refractivity contribution < 1.29 is 32.7 Å². The first-order chi connectivity index (χ1) is 13.3. The van der Waals surface area contributed by atoms with E-state index in [0.717, 1.165) is 13.0 Å². The molecule has 2 rings (SSSR count). The predicted molar refractivity (Wildman–Crippen MR) is 99.3 cm³/mol. The van der Waals surface area contributed by atoms with Gasteiger partial charge in [0.05, 0.1) is 15.0 Å². The van der Waals surface area contributed by atoms with Crippen molar-refractivity contribution >= 4 is 40.5 Å². The summed E-state index contributed by atoms with van der Waals surface area (Å²) in [6, 6.07) is 6.16. The lowest BCUT2D eigenvalue weighted by Gasteiger charge is -2.23. The van der Waals surface area contributed by atoms with E-state index in [1.807, 2.05) is 0 Å². The molecule has 0 heterocycles. The summed E-state index contributed by atoms with van der Waals surface area (Å²) >= 11 is 11.6. The molecule has 0 fully saturated rings. The second-order valence-corrected chi connectivity index (χ2v) is 6.89. The number of carbonyl (C=O) groups is 1. The Morgan fingerprint density at radius 2 is 1.86 bits per heavy atom. The summed E-state index contributed by atoms with van der Waals surface area (Å²) in [5.41, 5.74) is -5.23. The third-order valence-electron chi connectivity index (χ3n) is 3.66. The number of ether oxygens (including phenoxy) is 1. The van der Waals surface area contributed by atoms with E-state index < -0.39 is 40.5 Å². The molecule has 0 aliphatic carbocycles. The summed E-state index contributed by atoms with van der Waals surface area (Å²) in [6.07, 6.45) is -5.01. The zero-order valence-electron chi connectivity index (χ0n) is 14.6. The maximum absolute atomic E-state index is 13.0. The molecule has 1 amide bonds. The maximum atomic E-state index is 13.0.